The van der Waals surface area contributed by atoms with Crippen LogP contribution in [0.4, 0.5) is 0 Å². The van der Waals surface area contributed by atoms with E-state index >= 15 is 0 Å². The average molecular weight is 318 g/mol. The van der Waals surface area contributed by atoms with Crippen LogP contribution in [0.1, 0.15) is 47.7 Å². The Hall–Kier alpha value is -1.00. The van der Waals surface area contributed by atoms with Gasteiger partial charge in [0, 0.05) is 16.9 Å². The molecule has 22 heavy (non-hydrogen) atoms. The van der Waals surface area contributed by atoms with Crippen molar-refractivity contribution in [3.8, 4) is 0 Å². The van der Waals surface area contributed by atoms with Gasteiger partial charge >= 0.3 is 0 Å². The zero-order valence-electron chi connectivity index (χ0n) is 13.4. The number of rotatable bonds is 4. The van der Waals surface area contributed by atoms with Gasteiger partial charge in [0.1, 0.15) is 0 Å². The summed E-state index contributed by atoms with van der Waals surface area (Å²) in [6, 6.07) is 6.59. The number of carbonyl (C=O) groups excluding carboxylic acids is 1. The summed E-state index contributed by atoms with van der Waals surface area (Å²) in [6.07, 6.45) is 5.68. The van der Waals surface area contributed by atoms with Crippen LogP contribution in [-0.4, -0.2) is 36.0 Å². The van der Waals surface area contributed by atoms with Crippen LogP contribution >= 0.6 is 11.8 Å². The highest BCUT2D eigenvalue weighted by molar-refractivity contribution is 7.99. The molecule has 3 nitrogen and oxygen atoms in total. The topological polar surface area (TPSA) is 41.1 Å². The highest BCUT2D eigenvalue weighted by Crippen LogP contribution is 2.30. The summed E-state index contributed by atoms with van der Waals surface area (Å²) < 4.78 is 0. The molecule has 1 aliphatic heterocycles. The van der Waals surface area contributed by atoms with Gasteiger partial charge in [-0.25, -0.2) is 0 Å². The number of fused-ring (bicyclic) bond motifs is 1. The number of hydrogen-bond donors (Lipinski definition) is 2. The van der Waals surface area contributed by atoms with Crippen molar-refractivity contribution < 1.29 is 4.79 Å². The molecule has 1 aliphatic carbocycles. The maximum atomic E-state index is 12.6. The summed E-state index contributed by atoms with van der Waals surface area (Å²) >= 11 is 1.99. The molecule has 1 aromatic rings. The lowest BCUT2D eigenvalue weighted by molar-refractivity contribution is 0.0938. The predicted molar refractivity (Wildman–Crippen MR) is 93.7 cm³/mol. The first-order chi connectivity index (χ1) is 10.8. The molecular formula is C18H26N2OS. The van der Waals surface area contributed by atoms with E-state index in [1.807, 2.05) is 17.8 Å². The van der Waals surface area contributed by atoms with Crippen molar-refractivity contribution in [2.75, 3.05) is 18.8 Å². The first kappa shape index (κ1) is 15.9. The minimum atomic E-state index is 0.105. The van der Waals surface area contributed by atoms with Crippen molar-refractivity contribution in [2.24, 2.45) is 0 Å². The fraction of sp³-hybridized carbons (Fsp3) is 0.611. The van der Waals surface area contributed by atoms with Crippen molar-refractivity contribution in [2.45, 2.75) is 50.3 Å². The molecule has 1 heterocycles. The SMILES string of the molecule is CCS[C@@H]1CCC[C@H]1NC(=O)c1ccc2c(c1)CCNCC2. The van der Waals surface area contributed by atoms with Crippen LogP contribution in [0.3, 0.4) is 0 Å². The molecule has 3 rings (SSSR count). The normalized spacial score (nSPS) is 24.6. The van der Waals surface area contributed by atoms with Crippen LogP contribution in [0.25, 0.3) is 0 Å². The van der Waals surface area contributed by atoms with Gasteiger partial charge in [0.05, 0.1) is 0 Å². The minimum Gasteiger partial charge on any atom is -0.348 e. The van der Waals surface area contributed by atoms with E-state index in [1.54, 1.807) is 0 Å². The number of thioether (sulfide) groups is 1. The largest absolute Gasteiger partial charge is 0.348 e. The van der Waals surface area contributed by atoms with Gasteiger partial charge in [0.25, 0.3) is 5.91 Å². The Morgan fingerprint density at radius 2 is 2.09 bits per heavy atom. The lowest BCUT2D eigenvalue weighted by atomic mass is 9.99. The fourth-order valence-corrected chi connectivity index (χ4v) is 4.77. The van der Waals surface area contributed by atoms with E-state index in [-0.39, 0.29) is 5.91 Å². The van der Waals surface area contributed by atoms with E-state index in [0.29, 0.717) is 11.3 Å². The van der Waals surface area contributed by atoms with Crippen LogP contribution in [0.2, 0.25) is 0 Å². The van der Waals surface area contributed by atoms with E-state index < -0.39 is 0 Å². The third kappa shape index (κ3) is 3.66. The van der Waals surface area contributed by atoms with Crippen molar-refractivity contribution in [3.05, 3.63) is 34.9 Å². The second kappa shape index (κ2) is 7.51. The van der Waals surface area contributed by atoms with Crippen molar-refractivity contribution >= 4 is 17.7 Å². The van der Waals surface area contributed by atoms with Gasteiger partial charge < -0.3 is 10.6 Å². The lowest BCUT2D eigenvalue weighted by Gasteiger charge is -2.20. The fourth-order valence-electron chi connectivity index (χ4n) is 3.57. The van der Waals surface area contributed by atoms with Crippen LogP contribution in [0, 0.1) is 0 Å². The first-order valence-electron chi connectivity index (χ1n) is 8.53. The number of benzene rings is 1. The smallest absolute Gasteiger partial charge is 0.251 e. The second-order valence-corrected chi connectivity index (χ2v) is 7.75. The third-order valence-electron chi connectivity index (χ3n) is 4.76. The van der Waals surface area contributed by atoms with E-state index in [2.05, 4.69) is 29.7 Å². The molecule has 0 bridgehead atoms. The summed E-state index contributed by atoms with van der Waals surface area (Å²) in [5.41, 5.74) is 3.55. The number of hydrogen-bond acceptors (Lipinski definition) is 3. The molecule has 2 N–H and O–H groups in total. The summed E-state index contributed by atoms with van der Waals surface area (Å²) in [4.78, 5) is 12.6. The summed E-state index contributed by atoms with van der Waals surface area (Å²) in [5, 5.41) is 7.29. The second-order valence-electron chi connectivity index (χ2n) is 6.24. The Bertz CT molecular complexity index is 532. The molecule has 0 saturated heterocycles. The third-order valence-corrected chi connectivity index (χ3v) is 6.09. The summed E-state index contributed by atoms with van der Waals surface area (Å²) in [5.74, 6) is 1.23. The molecule has 1 fully saturated rings. The molecule has 0 unspecified atom stereocenters. The first-order valence-corrected chi connectivity index (χ1v) is 9.58. The number of carbonyl (C=O) groups is 1. The Labute approximate surface area is 137 Å². The lowest BCUT2D eigenvalue weighted by Crippen LogP contribution is -2.38. The van der Waals surface area contributed by atoms with Crippen LogP contribution in [-0.2, 0) is 12.8 Å². The molecule has 0 aromatic heterocycles. The Morgan fingerprint density at radius 1 is 1.27 bits per heavy atom. The van der Waals surface area contributed by atoms with Gasteiger partial charge in [-0.2, -0.15) is 11.8 Å². The molecular weight excluding hydrogens is 292 g/mol. The van der Waals surface area contributed by atoms with Gasteiger partial charge in [-0.3, -0.25) is 4.79 Å². The highest BCUT2D eigenvalue weighted by Gasteiger charge is 2.28. The Balaban J connectivity index is 1.68. The van der Waals surface area contributed by atoms with E-state index in [1.165, 1.54) is 24.0 Å². The van der Waals surface area contributed by atoms with Crippen LogP contribution in [0.5, 0.6) is 0 Å². The van der Waals surface area contributed by atoms with E-state index in [9.17, 15) is 4.79 Å². The maximum Gasteiger partial charge on any atom is 0.251 e. The molecule has 1 aromatic carbocycles. The summed E-state index contributed by atoms with van der Waals surface area (Å²) in [7, 11) is 0. The van der Waals surface area contributed by atoms with Gasteiger partial charge in [0.2, 0.25) is 0 Å². The van der Waals surface area contributed by atoms with Gasteiger partial charge in [0.15, 0.2) is 0 Å². The quantitative estimate of drug-likeness (QED) is 0.897. The molecule has 0 spiro atoms. The Kier molecular flexibility index (Phi) is 5.42. The molecule has 1 amide bonds. The zero-order chi connectivity index (χ0) is 15.4. The monoisotopic (exact) mass is 318 g/mol. The number of nitrogens with one attached hydrogen (secondary N) is 2. The molecule has 120 valence electrons. The molecule has 4 heteroatoms. The molecule has 2 atom stereocenters. The van der Waals surface area contributed by atoms with Gasteiger partial charge in [-0.05, 0) is 67.8 Å². The van der Waals surface area contributed by atoms with Crippen molar-refractivity contribution in [1.82, 2.24) is 10.6 Å². The van der Waals surface area contributed by atoms with Crippen molar-refractivity contribution in [3.63, 3.8) is 0 Å². The van der Waals surface area contributed by atoms with Gasteiger partial charge in [-0.1, -0.05) is 19.4 Å². The molecule has 1 saturated carbocycles. The van der Waals surface area contributed by atoms with Crippen LogP contribution in [0.15, 0.2) is 18.2 Å². The highest BCUT2D eigenvalue weighted by atomic mass is 32.2. The van der Waals surface area contributed by atoms with Gasteiger partial charge in [-0.15, -0.1) is 0 Å². The zero-order valence-corrected chi connectivity index (χ0v) is 14.2. The number of amides is 1. The Morgan fingerprint density at radius 3 is 2.91 bits per heavy atom. The maximum absolute atomic E-state index is 12.6. The standard InChI is InChI=1S/C18H26N2OS/c1-2-22-17-5-3-4-16(17)20-18(21)15-7-6-13-8-10-19-11-9-14(13)12-15/h6-7,12,16-17,19H,2-5,8-11H2,1H3,(H,20,21)/t16-,17-/m1/s1. The van der Waals surface area contributed by atoms with Crippen LogP contribution < -0.4 is 10.6 Å². The average Bonchev–Trinajstić information content (AvgIpc) is 2.82. The van der Waals surface area contributed by atoms with E-state index in [0.717, 1.165) is 43.7 Å². The summed E-state index contributed by atoms with van der Waals surface area (Å²) in [6.45, 7) is 4.24. The molecule has 2 aliphatic rings. The predicted octanol–water partition coefficient (Wildman–Crippen LogP) is 2.78. The minimum absolute atomic E-state index is 0.105. The van der Waals surface area contributed by atoms with Crippen molar-refractivity contribution in [1.29, 1.82) is 0 Å². The molecule has 0 radical (unpaired) electrons. The van der Waals surface area contributed by atoms with E-state index in [4.69, 9.17) is 0 Å².